The van der Waals surface area contributed by atoms with Gasteiger partial charge in [0, 0.05) is 23.4 Å². The van der Waals surface area contributed by atoms with E-state index < -0.39 is 10.8 Å². The molecule has 0 saturated heterocycles. The number of hydrogen-bond donors (Lipinski definition) is 2. The highest BCUT2D eigenvalue weighted by Crippen LogP contribution is 2.13. The first kappa shape index (κ1) is 16.2. The molecule has 6 nitrogen and oxygen atoms in total. The molecule has 1 amide bonds. The Bertz CT molecular complexity index is 727. The number of allylic oxidation sites excluding steroid dienone is 1. The Morgan fingerprint density at radius 3 is 2.52 bits per heavy atom. The molecule has 2 rings (SSSR count). The van der Waals surface area contributed by atoms with E-state index in [9.17, 15) is 14.9 Å². The third-order valence-electron chi connectivity index (χ3n) is 3.18. The SMILES string of the molecule is CCC(=Cc1ccccc1)NNC(=O)c1cccc([N+](=O)[O-])c1. The molecule has 2 aromatic carbocycles. The van der Waals surface area contributed by atoms with E-state index in [4.69, 9.17) is 0 Å². The Hall–Kier alpha value is -3.15. The lowest BCUT2D eigenvalue weighted by molar-refractivity contribution is -0.384. The van der Waals surface area contributed by atoms with Crippen LogP contribution in [0.1, 0.15) is 29.3 Å². The maximum atomic E-state index is 12.1. The average molecular weight is 311 g/mol. The fourth-order valence-electron chi connectivity index (χ4n) is 1.95. The lowest BCUT2D eigenvalue weighted by Crippen LogP contribution is -2.36. The van der Waals surface area contributed by atoms with Crippen molar-refractivity contribution >= 4 is 17.7 Å². The Balaban J connectivity index is 2.04. The van der Waals surface area contributed by atoms with Crippen molar-refractivity contribution in [2.75, 3.05) is 0 Å². The van der Waals surface area contributed by atoms with Crippen molar-refractivity contribution in [2.45, 2.75) is 13.3 Å². The predicted molar refractivity (Wildman–Crippen MR) is 88.4 cm³/mol. The van der Waals surface area contributed by atoms with E-state index in [1.54, 1.807) is 0 Å². The normalized spacial score (nSPS) is 10.9. The molecular formula is C17H17N3O3. The molecule has 0 atom stereocenters. The highest BCUT2D eigenvalue weighted by Gasteiger charge is 2.11. The standard InChI is InChI=1S/C17H17N3O3/c1-2-15(11-13-7-4-3-5-8-13)18-19-17(21)14-9-6-10-16(12-14)20(22)23/h3-12,18H,2H2,1H3,(H,19,21). The molecule has 0 heterocycles. The van der Waals surface area contributed by atoms with E-state index >= 15 is 0 Å². The number of nitrogens with zero attached hydrogens (tertiary/aromatic N) is 1. The van der Waals surface area contributed by atoms with Gasteiger partial charge in [0.1, 0.15) is 0 Å². The molecule has 6 heteroatoms. The van der Waals surface area contributed by atoms with Gasteiger partial charge >= 0.3 is 0 Å². The Kier molecular flexibility index (Phi) is 5.46. The molecule has 2 N–H and O–H groups in total. The molecule has 0 aliphatic rings. The summed E-state index contributed by atoms with van der Waals surface area (Å²) in [6.45, 7) is 1.96. The molecule has 0 unspecified atom stereocenters. The minimum Gasteiger partial charge on any atom is -0.302 e. The predicted octanol–water partition coefficient (Wildman–Crippen LogP) is 3.28. The first-order valence-corrected chi connectivity index (χ1v) is 7.16. The molecule has 2 aromatic rings. The largest absolute Gasteiger partial charge is 0.302 e. The highest BCUT2D eigenvalue weighted by molar-refractivity contribution is 5.94. The van der Waals surface area contributed by atoms with Crippen LogP contribution in [0.4, 0.5) is 5.69 Å². The van der Waals surface area contributed by atoms with Crippen molar-refractivity contribution in [3.63, 3.8) is 0 Å². The van der Waals surface area contributed by atoms with Crippen LogP contribution < -0.4 is 10.9 Å². The van der Waals surface area contributed by atoms with Gasteiger partial charge in [-0.1, -0.05) is 43.3 Å². The number of hydrazine groups is 1. The van der Waals surface area contributed by atoms with Crippen molar-refractivity contribution in [2.24, 2.45) is 0 Å². The van der Waals surface area contributed by atoms with Gasteiger partial charge in [0.2, 0.25) is 0 Å². The van der Waals surface area contributed by atoms with Gasteiger partial charge in [-0.05, 0) is 24.1 Å². The van der Waals surface area contributed by atoms with Crippen LogP contribution in [0.5, 0.6) is 0 Å². The second-order valence-electron chi connectivity index (χ2n) is 4.82. The fraction of sp³-hybridized carbons (Fsp3) is 0.118. The van der Waals surface area contributed by atoms with Crippen LogP contribution in [0, 0.1) is 10.1 Å². The Labute approximate surface area is 134 Å². The van der Waals surface area contributed by atoms with E-state index in [0.717, 1.165) is 11.3 Å². The quantitative estimate of drug-likeness (QED) is 0.633. The minimum absolute atomic E-state index is 0.117. The van der Waals surface area contributed by atoms with E-state index in [0.29, 0.717) is 6.42 Å². The molecule has 23 heavy (non-hydrogen) atoms. The number of hydrogen-bond acceptors (Lipinski definition) is 4. The van der Waals surface area contributed by atoms with Crippen molar-refractivity contribution in [3.8, 4) is 0 Å². The molecule has 0 aliphatic carbocycles. The van der Waals surface area contributed by atoms with Gasteiger partial charge in [-0.15, -0.1) is 0 Å². The van der Waals surface area contributed by atoms with Crippen LogP contribution in [0.15, 0.2) is 60.3 Å². The zero-order valence-corrected chi connectivity index (χ0v) is 12.7. The highest BCUT2D eigenvalue weighted by atomic mass is 16.6. The van der Waals surface area contributed by atoms with Gasteiger partial charge in [0.05, 0.1) is 4.92 Å². The summed E-state index contributed by atoms with van der Waals surface area (Å²) in [5.74, 6) is -0.430. The first-order valence-electron chi connectivity index (χ1n) is 7.16. The molecule has 0 aromatic heterocycles. The number of nitro benzene ring substituents is 1. The lowest BCUT2D eigenvalue weighted by atomic mass is 10.2. The van der Waals surface area contributed by atoms with Gasteiger partial charge in [0.25, 0.3) is 11.6 Å². The molecule has 0 spiro atoms. The summed E-state index contributed by atoms with van der Waals surface area (Å²) in [7, 11) is 0. The number of rotatable bonds is 6. The van der Waals surface area contributed by atoms with Crippen LogP contribution in [0.3, 0.4) is 0 Å². The smallest absolute Gasteiger partial charge is 0.270 e. The zero-order valence-electron chi connectivity index (χ0n) is 12.7. The second-order valence-corrected chi connectivity index (χ2v) is 4.82. The first-order chi connectivity index (χ1) is 11.1. The number of amides is 1. The van der Waals surface area contributed by atoms with Gasteiger partial charge in [0.15, 0.2) is 0 Å². The van der Waals surface area contributed by atoms with Gasteiger partial charge < -0.3 is 5.43 Å². The molecule has 0 fully saturated rings. The monoisotopic (exact) mass is 311 g/mol. The zero-order chi connectivity index (χ0) is 16.7. The molecule has 0 saturated carbocycles. The van der Waals surface area contributed by atoms with Crippen molar-refractivity contribution in [1.82, 2.24) is 10.9 Å². The van der Waals surface area contributed by atoms with Crippen LogP contribution in [-0.4, -0.2) is 10.8 Å². The molecule has 118 valence electrons. The van der Waals surface area contributed by atoms with Crippen LogP contribution in [0.25, 0.3) is 6.08 Å². The fourth-order valence-corrected chi connectivity index (χ4v) is 1.95. The number of carbonyl (C=O) groups excluding carboxylic acids is 1. The van der Waals surface area contributed by atoms with Crippen LogP contribution in [0.2, 0.25) is 0 Å². The third-order valence-corrected chi connectivity index (χ3v) is 3.18. The lowest BCUT2D eigenvalue weighted by Gasteiger charge is -2.11. The summed E-state index contributed by atoms with van der Waals surface area (Å²) < 4.78 is 0. The van der Waals surface area contributed by atoms with Gasteiger partial charge in [-0.2, -0.15) is 0 Å². The van der Waals surface area contributed by atoms with Crippen molar-refractivity contribution < 1.29 is 9.72 Å². The number of nitro groups is 1. The molecule has 0 bridgehead atoms. The van der Waals surface area contributed by atoms with Gasteiger partial charge in [-0.3, -0.25) is 20.3 Å². The Morgan fingerprint density at radius 1 is 1.13 bits per heavy atom. The number of carbonyl (C=O) groups is 1. The summed E-state index contributed by atoms with van der Waals surface area (Å²) in [5.41, 5.74) is 7.36. The van der Waals surface area contributed by atoms with Crippen molar-refractivity contribution in [3.05, 3.63) is 81.5 Å². The summed E-state index contributed by atoms with van der Waals surface area (Å²) >= 11 is 0. The molecule has 0 aliphatic heterocycles. The molecule has 0 radical (unpaired) electrons. The number of nitrogens with one attached hydrogen (secondary N) is 2. The van der Waals surface area contributed by atoms with Gasteiger partial charge in [-0.25, -0.2) is 0 Å². The van der Waals surface area contributed by atoms with Crippen LogP contribution >= 0.6 is 0 Å². The minimum atomic E-state index is -0.531. The maximum absolute atomic E-state index is 12.1. The average Bonchev–Trinajstić information content (AvgIpc) is 2.59. The second kappa shape index (κ2) is 7.74. The van der Waals surface area contributed by atoms with E-state index in [-0.39, 0.29) is 11.3 Å². The summed E-state index contributed by atoms with van der Waals surface area (Å²) in [5, 5.41) is 10.7. The molecular weight excluding hydrogens is 294 g/mol. The maximum Gasteiger partial charge on any atom is 0.270 e. The van der Waals surface area contributed by atoms with Crippen LogP contribution in [-0.2, 0) is 0 Å². The topological polar surface area (TPSA) is 84.3 Å². The summed E-state index contributed by atoms with van der Waals surface area (Å²) in [4.78, 5) is 22.3. The summed E-state index contributed by atoms with van der Waals surface area (Å²) in [6, 6.07) is 15.3. The van der Waals surface area contributed by atoms with E-state index in [1.165, 1.54) is 24.3 Å². The number of non-ortho nitro benzene ring substituents is 1. The summed E-state index contributed by atoms with van der Waals surface area (Å²) in [6.07, 6.45) is 2.62. The third kappa shape index (κ3) is 4.67. The van der Waals surface area contributed by atoms with E-state index in [1.807, 2.05) is 43.3 Å². The Morgan fingerprint density at radius 2 is 1.87 bits per heavy atom. The van der Waals surface area contributed by atoms with Crippen molar-refractivity contribution in [1.29, 1.82) is 0 Å². The van der Waals surface area contributed by atoms with E-state index in [2.05, 4.69) is 10.9 Å². The number of benzene rings is 2.